The predicted octanol–water partition coefficient (Wildman–Crippen LogP) is 13.8. The Morgan fingerprint density at radius 2 is 0.621 bits per heavy atom. The maximum atomic E-state index is 13.2. The van der Waals surface area contributed by atoms with Crippen LogP contribution in [0.25, 0.3) is 49.4 Å². The third kappa shape index (κ3) is 22.1. The van der Waals surface area contributed by atoms with Crippen molar-refractivity contribution in [1.82, 2.24) is 42.6 Å². The van der Waals surface area contributed by atoms with E-state index in [0.717, 1.165) is 159 Å². The van der Waals surface area contributed by atoms with Gasteiger partial charge < -0.3 is 46.4 Å². The quantitative estimate of drug-likeness (QED) is 0.0271. The zero-order chi connectivity index (χ0) is 81.5. The van der Waals surface area contributed by atoms with Crippen LogP contribution in [0.3, 0.4) is 0 Å². The van der Waals surface area contributed by atoms with Gasteiger partial charge in [-0.3, -0.25) is 33.0 Å². The van der Waals surface area contributed by atoms with Gasteiger partial charge in [-0.2, -0.15) is 0 Å². The Balaban J connectivity index is 0.000000151. The maximum Gasteiger partial charge on any atom is 0.333 e. The van der Waals surface area contributed by atoms with Gasteiger partial charge in [-0.05, 0) is 250 Å². The van der Waals surface area contributed by atoms with Crippen LogP contribution in [0.15, 0.2) is 228 Å². The number of amides is 6. The predicted molar refractivity (Wildman–Crippen MR) is 463 cm³/mol. The molecule has 116 heavy (non-hydrogen) atoms. The van der Waals surface area contributed by atoms with Crippen LogP contribution in [0.5, 0.6) is 0 Å². The number of piperidine rings is 1. The number of carbonyl (C=O) groups is 3. The molecule has 12 aromatic rings. The number of likely N-dealkylation sites (tertiary alicyclic amines) is 2. The number of carbonyl (C=O) groups excluding carboxylic acids is 3. The second kappa shape index (κ2) is 38.3. The van der Waals surface area contributed by atoms with E-state index in [2.05, 4.69) is 46.6 Å². The molecule has 0 spiro atoms. The Hall–Kier alpha value is -10.2. The van der Waals surface area contributed by atoms with Crippen LogP contribution in [-0.2, 0) is 34.8 Å². The van der Waals surface area contributed by atoms with E-state index in [1.54, 1.807) is 91.4 Å². The van der Waals surface area contributed by atoms with Crippen LogP contribution in [0, 0.1) is 0 Å². The lowest BCUT2D eigenvalue weighted by Crippen LogP contribution is -2.39. The summed E-state index contributed by atoms with van der Waals surface area (Å²) in [6.45, 7) is 13.5. The van der Waals surface area contributed by atoms with E-state index >= 15 is 0 Å². The van der Waals surface area contributed by atoms with Gasteiger partial charge in [-0.1, -0.05) is 41.2 Å². The van der Waals surface area contributed by atoms with E-state index in [0.29, 0.717) is 63.3 Å². The Morgan fingerprint density at radius 1 is 0.345 bits per heavy atom. The highest BCUT2D eigenvalue weighted by Crippen LogP contribution is 2.30. The van der Waals surface area contributed by atoms with Crippen LogP contribution in [0.4, 0.5) is 48.5 Å². The third-order valence-electron chi connectivity index (χ3n) is 19.1. The summed E-state index contributed by atoms with van der Waals surface area (Å²) in [5, 5.41) is 22.1. The summed E-state index contributed by atoms with van der Waals surface area (Å²) in [4.78, 5) is 83.5. The zero-order valence-corrected chi connectivity index (χ0v) is 69.2. The average molecular weight is 1750 g/mol. The summed E-state index contributed by atoms with van der Waals surface area (Å²) in [7, 11) is -12.1. The molecule has 0 unspecified atom stereocenters. The molecule has 0 saturated carbocycles. The van der Waals surface area contributed by atoms with Gasteiger partial charge >= 0.3 is 18.1 Å². The molecule has 6 aromatic carbocycles. The number of urea groups is 3. The highest BCUT2D eigenvalue weighted by Gasteiger charge is 2.24. The second-order valence-corrected chi connectivity index (χ2v) is 37.9. The van der Waals surface area contributed by atoms with Gasteiger partial charge in [0, 0.05) is 138 Å². The molecule has 3 fully saturated rings. The lowest BCUT2D eigenvalue weighted by atomic mass is 10.1. The minimum Gasteiger partial charge on any atom is -0.384 e. The normalized spacial score (nSPS) is 14.2. The number of halogens is 3. The molecule has 6 amide bonds. The first kappa shape index (κ1) is 83.8. The number of ether oxygens (including phenoxy) is 1. The molecule has 28 nitrogen and oxygen atoms in total. The molecule has 9 N–H and O–H groups in total. The van der Waals surface area contributed by atoms with E-state index < -0.39 is 48.2 Å². The first-order chi connectivity index (χ1) is 55.8. The largest absolute Gasteiger partial charge is 0.384 e. The van der Waals surface area contributed by atoms with Crippen molar-refractivity contribution in [2.45, 2.75) is 44.7 Å². The van der Waals surface area contributed by atoms with E-state index in [1.165, 1.54) is 82.2 Å². The van der Waals surface area contributed by atoms with Crippen molar-refractivity contribution in [3.63, 3.8) is 0 Å². The number of hydrogen-bond donors (Lipinski definition) is 9. The third-order valence-corrected chi connectivity index (χ3v) is 28.2. The van der Waals surface area contributed by atoms with Crippen molar-refractivity contribution >= 4 is 183 Å². The molecule has 3 saturated heterocycles. The van der Waals surface area contributed by atoms with Gasteiger partial charge in [0.25, 0.3) is 46.7 Å². The highest BCUT2D eigenvalue weighted by atomic mass is 35.5. The molecule has 3 aliphatic rings. The van der Waals surface area contributed by atoms with E-state index in [1.807, 2.05) is 87.0 Å². The molecule has 0 aliphatic carbocycles. The number of thiophene rings is 3. The SMILES string of the molecule is O=C(Nc1ccc(-n2ccc3cc(NCCN4CCCC4)ccc3c2=O)cc1)NS(=O)(=O)c1ccc(Cl)s1.O=C(Nc1ccc(-n2ccc3cc(NCCN4CCCCC4)ccc3c2=O)cc1)NS(=O)(=O)c1ccc(Cl)s1.O=C(Nc1ccc(-n2ccc3cc(NCCN4CCOCC4)ccc3c2=O)cc1)NS(=O)(=O)c1ccc(Cl)s1. The fourth-order valence-corrected chi connectivity index (χ4v) is 20.4. The maximum absolute atomic E-state index is 13.2. The van der Waals surface area contributed by atoms with Gasteiger partial charge in [0.05, 0.1) is 26.2 Å². The lowest BCUT2D eigenvalue weighted by molar-refractivity contribution is 0.0398. The molecule has 0 bridgehead atoms. The minimum atomic E-state index is -4.03. The van der Waals surface area contributed by atoms with Crippen molar-refractivity contribution < 1.29 is 44.4 Å². The van der Waals surface area contributed by atoms with E-state index in [4.69, 9.17) is 39.5 Å². The number of rotatable bonds is 24. The number of sulfonamides is 3. The number of nitrogens with one attached hydrogen (secondary N) is 9. The number of aromatic nitrogens is 3. The van der Waals surface area contributed by atoms with Gasteiger partial charge in [-0.25, -0.2) is 53.8 Å². The standard InChI is InChI=1S/C27H28ClN5O4S2.C26H26ClN5O5S2.C26H26ClN5O4S2/c28-24-10-11-25(38-24)39(36,37)31-27(35)30-20-4-7-22(8-5-20)33-16-12-19-18-21(6-9-23(19)26(33)34)29-13-17-32-14-2-1-3-15-32;27-23-7-8-24(38-23)39(35,36)30-26(34)29-19-1-4-21(5-2-19)32-11-9-18-17-20(3-6-22(18)25(32)33)28-10-12-31-13-15-37-16-14-31;27-23-9-10-24(37-23)38(35,36)30-26(34)29-19-3-6-21(7-4-19)32-15-11-18-17-20(5-8-22(18)25(32)33)28-12-16-31-13-1-2-14-31/h4-12,16,18,29H,1-3,13-15,17H2,(H2,30,31,35);1-9,11,17,28H,10,12-16H2,(H2,29,30,34);3-11,15,17,28H,1-2,12-14,16H2,(H2,29,30,34). The molecule has 0 radical (unpaired) electrons. The van der Waals surface area contributed by atoms with Crippen molar-refractivity contribution in [3.05, 3.63) is 245 Å². The minimum absolute atomic E-state index is 0.0611. The molecular weight excluding hydrogens is 1670 g/mol. The smallest absolute Gasteiger partial charge is 0.333 e. The van der Waals surface area contributed by atoms with Crippen LogP contribution in [0.1, 0.15) is 32.1 Å². The molecule has 9 heterocycles. The Morgan fingerprint density at radius 3 is 0.905 bits per heavy atom. The number of pyridine rings is 3. The molecule has 37 heteroatoms. The number of anilines is 6. The van der Waals surface area contributed by atoms with Gasteiger partial charge in [-0.15, -0.1) is 34.0 Å². The lowest BCUT2D eigenvalue weighted by Gasteiger charge is -2.26. The van der Waals surface area contributed by atoms with Crippen molar-refractivity contribution in [1.29, 1.82) is 0 Å². The summed E-state index contributed by atoms with van der Waals surface area (Å²) in [6, 6.07) is 47.9. The van der Waals surface area contributed by atoms with Crippen molar-refractivity contribution in [3.8, 4) is 17.1 Å². The first-order valence-electron chi connectivity index (χ1n) is 36.9. The molecule has 15 rings (SSSR count). The fourth-order valence-electron chi connectivity index (χ4n) is 13.2. The molecule has 0 atom stereocenters. The average Bonchev–Trinajstić information content (AvgIpc) is 1.48. The Kier molecular flexibility index (Phi) is 27.6. The Labute approximate surface area is 695 Å². The van der Waals surface area contributed by atoms with Crippen molar-refractivity contribution in [2.75, 3.05) is 124 Å². The van der Waals surface area contributed by atoms with Crippen LogP contribution in [-0.4, -0.2) is 163 Å². The highest BCUT2D eigenvalue weighted by molar-refractivity contribution is 7.93. The van der Waals surface area contributed by atoms with Crippen molar-refractivity contribution in [2.24, 2.45) is 0 Å². The monoisotopic (exact) mass is 1740 g/mol. The van der Waals surface area contributed by atoms with Gasteiger partial charge in [0.1, 0.15) is 12.6 Å². The summed E-state index contributed by atoms with van der Waals surface area (Å²) in [5.41, 5.74) is 5.32. The van der Waals surface area contributed by atoms with Crippen LogP contribution >= 0.6 is 68.8 Å². The van der Waals surface area contributed by atoms with E-state index in [-0.39, 0.29) is 29.3 Å². The second-order valence-electron chi connectivity index (χ2n) is 27.1. The topological polar surface area (TPSA) is 347 Å². The summed E-state index contributed by atoms with van der Waals surface area (Å²) >= 11 is 19.9. The van der Waals surface area contributed by atoms with Gasteiger partial charge in [0.2, 0.25) is 0 Å². The number of morpholine rings is 1. The zero-order valence-electron chi connectivity index (χ0n) is 62.1. The summed E-state index contributed by atoms with van der Waals surface area (Å²) in [5.74, 6) is 0. The molecule has 3 aliphatic heterocycles. The Bertz CT molecular complexity index is 5840. The summed E-state index contributed by atoms with van der Waals surface area (Å²) < 4.78 is 90.3. The molecule has 6 aromatic heterocycles. The number of fused-ring (bicyclic) bond motifs is 3. The van der Waals surface area contributed by atoms with E-state index in [9.17, 15) is 54.0 Å². The first-order valence-corrected chi connectivity index (χ1v) is 44.9. The summed E-state index contributed by atoms with van der Waals surface area (Å²) in [6.07, 6.45) is 11.5. The van der Waals surface area contributed by atoms with Crippen LogP contribution in [0.2, 0.25) is 13.0 Å². The molecule has 606 valence electrons. The fraction of sp³-hybridized carbons (Fsp3) is 0.241. The number of nitrogens with zero attached hydrogens (tertiary/aromatic N) is 6. The molecular formula is C79H80Cl3N15O13S6. The number of hydrogen-bond acceptors (Lipinski definition) is 22. The van der Waals surface area contributed by atoms with Crippen LogP contribution < -0.4 is 62.7 Å². The number of benzene rings is 6. The van der Waals surface area contributed by atoms with Gasteiger partial charge in [0.15, 0.2) is 0 Å².